The van der Waals surface area contributed by atoms with E-state index in [-0.39, 0.29) is 162 Å². The van der Waals surface area contributed by atoms with Gasteiger partial charge >= 0.3 is 0 Å². The molecule has 0 bridgehead atoms. The van der Waals surface area contributed by atoms with Gasteiger partial charge in [-0.1, -0.05) is 23.2 Å². The van der Waals surface area contributed by atoms with Crippen LogP contribution in [0.4, 0.5) is 8.78 Å². The first-order valence-electron chi connectivity index (χ1n) is 45.4. The number of nitrogens with two attached hydrogens (primary N) is 5. The van der Waals surface area contributed by atoms with Gasteiger partial charge in [0.05, 0.1) is 113 Å². The number of carbonyl (C=O) groups is 3. The number of rotatable bonds is 37. The van der Waals surface area contributed by atoms with Crippen molar-refractivity contribution in [1.29, 1.82) is 0 Å². The zero-order valence-corrected chi connectivity index (χ0v) is 90.8. The highest BCUT2D eigenvalue weighted by Crippen LogP contribution is 2.50. The van der Waals surface area contributed by atoms with E-state index >= 15 is 0 Å². The lowest BCUT2D eigenvalue weighted by atomic mass is 9.88. The molecule has 0 saturated carbocycles. The van der Waals surface area contributed by atoms with E-state index in [1.165, 1.54) is 107 Å². The predicted molar refractivity (Wildman–Crippen MR) is 549 cm³/mol. The first-order valence-corrected chi connectivity index (χ1v) is 54.7. The average Bonchev–Trinajstić information content (AvgIpc) is 1.59. The molecule has 0 fully saturated rings. The highest BCUT2D eigenvalue weighted by Gasteiger charge is 2.48. The molecule has 38 nitrogen and oxygen atoms in total. The Bertz CT molecular complexity index is 6840. The zero-order valence-electron chi connectivity index (χ0n) is 84.4. The molecule has 4 aromatic heterocycles. The van der Waals surface area contributed by atoms with E-state index in [4.69, 9.17) is 102 Å². The van der Waals surface area contributed by atoms with Crippen LogP contribution in [-0.2, 0) is 108 Å². The van der Waals surface area contributed by atoms with Crippen molar-refractivity contribution in [3.63, 3.8) is 0 Å². The lowest BCUT2D eigenvalue weighted by Crippen LogP contribution is -2.47. The SMILES string of the molecule is CC(O)(CN)c1cc2c(c(Cl)n1)OCC2(C)NS(=O)C(C)(C)C.COc1cc(C(=O)CCC(C)(O)c2cc3c(c(-c4ccc(F)cc4)n2)OCC3(C)N)ccc1OCS(N)(=O)=O.COc1cc(C(=O)CCC(C)(O)c2cc3c(c(-c4ccc(F)cc4)n2)OCC3(C)NS(=O)C(C)(C)C)ccc1OCS(N)(=O)=O.COc1cc(C(=O)CCC(C)(O)c2cc3c(c(Cl)n2)OCC3(C)NS(=O)C(C)(C)C)ccc1OCS(N)(=O)=O. The number of ether oxygens (including phenoxy) is 10. The summed E-state index contributed by atoms with van der Waals surface area (Å²) in [5.74, 6) is -1.54. The monoisotopic (exact) mass is 2190 g/mol. The van der Waals surface area contributed by atoms with Gasteiger partial charge in [0.15, 0.2) is 85.2 Å². The number of methoxy groups -OCH3 is 3. The van der Waals surface area contributed by atoms with Crippen LogP contribution in [0, 0.1) is 11.6 Å². The summed E-state index contributed by atoms with van der Waals surface area (Å²) >= 11 is 12.6. The number of hydrogen-bond acceptors (Lipinski definition) is 32. The Labute approximate surface area is 865 Å². The van der Waals surface area contributed by atoms with Crippen molar-refractivity contribution in [3.05, 3.63) is 211 Å². The lowest BCUT2D eigenvalue weighted by Gasteiger charge is -2.30. The third-order valence-corrected chi connectivity index (χ3v) is 30.9. The lowest BCUT2D eigenvalue weighted by molar-refractivity contribution is 0.0395. The molecule has 798 valence electrons. The first kappa shape index (κ1) is 118. The van der Waals surface area contributed by atoms with Gasteiger partial charge in [-0.05, 0) is 264 Å². The van der Waals surface area contributed by atoms with Gasteiger partial charge in [0.1, 0.15) is 71.9 Å². The second kappa shape index (κ2) is 45.4. The summed E-state index contributed by atoms with van der Waals surface area (Å²) in [6, 6.07) is 31.1. The summed E-state index contributed by atoms with van der Waals surface area (Å²) in [4.78, 5) is 57.1. The predicted octanol–water partition coefficient (Wildman–Crippen LogP) is 11.5. The minimum Gasteiger partial charge on any atom is -0.493 e. The Morgan fingerprint density at radius 2 is 0.664 bits per heavy atom. The molecule has 0 amide bonds. The fraction of sp³-hybridized carbons (Fsp3) is 0.459. The van der Waals surface area contributed by atoms with Gasteiger partial charge in [-0.3, -0.25) is 14.4 Å². The minimum absolute atomic E-state index is 0.00797. The van der Waals surface area contributed by atoms with Gasteiger partial charge in [0.25, 0.3) is 0 Å². The Morgan fingerprint density at radius 3 is 0.945 bits per heavy atom. The quantitative estimate of drug-likeness (QED) is 0.0127. The van der Waals surface area contributed by atoms with Crippen molar-refractivity contribution in [3.8, 4) is 80.0 Å². The summed E-state index contributed by atoms with van der Waals surface area (Å²) in [7, 11) is -11.7. The molecule has 0 spiro atoms. The van der Waals surface area contributed by atoms with Crippen LogP contribution in [0.25, 0.3) is 22.5 Å². The van der Waals surface area contributed by atoms with Gasteiger partial charge in [-0.25, -0.2) is 96.2 Å². The van der Waals surface area contributed by atoms with Gasteiger partial charge in [0.2, 0.25) is 47.9 Å². The van der Waals surface area contributed by atoms with Crippen LogP contribution in [0.2, 0.25) is 10.3 Å². The molecule has 0 aliphatic carbocycles. The number of ketones is 3. The Kier molecular flexibility index (Phi) is 36.7. The molecule has 9 aromatic rings. The second-order valence-electron chi connectivity index (χ2n) is 40.3. The van der Waals surface area contributed by atoms with Crippen molar-refractivity contribution < 1.29 is 129 Å². The number of aliphatic hydroxyl groups is 4. The number of benzene rings is 5. The Hall–Kier alpha value is -10.0. The van der Waals surface area contributed by atoms with Gasteiger partial charge in [0, 0.05) is 75.9 Å². The normalized spacial score (nSPS) is 19.6. The fourth-order valence-corrected chi connectivity index (χ4v) is 18.8. The maximum atomic E-state index is 13.8. The first-order chi connectivity index (χ1) is 67.3. The molecule has 0 radical (unpaired) electrons. The number of aromatic nitrogens is 4. The molecule has 13 rings (SSSR count). The van der Waals surface area contributed by atoms with E-state index in [1.807, 2.05) is 83.1 Å². The highest BCUT2D eigenvalue weighted by molar-refractivity contribution is 7.89. The molecule has 0 saturated heterocycles. The third-order valence-electron chi connectivity index (χ3n) is 23.8. The van der Waals surface area contributed by atoms with Gasteiger partial charge < -0.3 is 79.3 Å². The van der Waals surface area contributed by atoms with Crippen molar-refractivity contribution in [2.75, 3.05) is 72.1 Å². The van der Waals surface area contributed by atoms with Crippen LogP contribution in [0.3, 0.4) is 0 Å². The molecule has 11 atom stereocenters. The number of fused-ring (bicyclic) bond motifs is 4. The topological polar surface area (TPSA) is 596 Å². The van der Waals surface area contributed by atoms with E-state index in [2.05, 4.69) is 29.1 Å². The van der Waals surface area contributed by atoms with E-state index in [0.29, 0.717) is 73.6 Å². The Morgan fingerprint density at radius 1 is 0.404 bits per heavy atom. The summed E-state index contributed by atoms with van der Waals surface area (Å²) in [6.45, 7) is 31.2. The van der Waals surface area contributed by atoms with Crippen LogP contribution in [-0.4, -0.2) is 182 Å². The number of nitrogens with one attached hydrogen (secondary N) is 3. The fourth-order valence-electron chi connectivity index (χ4n) is 14.8. The van der Waals surface area contributed by atoms with Crippen LogP contribution in [0.1, 0.15) is 232 Å². The molecule has 17 N–H and O–H groups in total. The average molecular weight is 2190 g/mol. The van der Waals surface area contributed by atoms with Crippen molar-refractivity contribution >= 4 is 104 Å². The zero-order chi connectivity index (χ0) is 109. The van der Waals surface area contributed by atoms with E-state index in [9.17, 15) is 81.5 Å². The molecule has 5 aromatic carbocycles. The van der Waals surface area contributed by atoms with Crippen LogP contribution in [0.5, 0.6) is 57.5 Å². The number of sulfonamides is 3. The van der Waals surface area contributed by atoms with Crippen LogP contribution in [0.15, 0.2) is 127 Å². The highest BCUT2D eigenvalue weighted by atomic mass is 35.5. The van der Waals surface area contributed by atoms with E-state index in [0.717, 1.165) is 5.56 Å². The summed E-state index contributed by atoms with van der Waals surface area (Å²) in [5, 5.41) is 59.9. The van der Waals surface area contributed by atoms with E-state index < -0.39 is 151 Å². The number of primary sulfonamides is 3. The molecule has 4 aliphatic rings. The smallest absolute Gasteiger partial charge is 0.244 e. The number of hydrogen-bond donors (Lipinski definition) is 12. The summed E-state index contributed by atoms with van der Waals surface area (Å²) in [5.41, 5.74) is 9.32. The molecule has 146 heavy (non-hydrogen) atoms. The number of Topliss-reactive ketones (excluding diaryl/α,β-unsaturated/α-hetero) is 3. The number of nitrogens with zero attached hydrogens (tertiary/aromatic N) is 4. The van der Waals surface area contributed by atoms with Gasteiger partial charge in [-0.15, -0.1) is 0 Å². The summed E-state index contributed by atoms with van der Waals surface area (Å²) in [6.07, 6.45) is -0.171. The van der Waals surface area contributed by atoms with Crippen LogP contribution < -0.4 is 88.4 Å². The molecule has 8 heterocycles. The standard InChI is InChI=1S/C31H38FN3O8S2.C27H30FN3O7S.C25H34ClN3O8S2.C15H24ClN3O3S/c1-29(2,3)44(38)35-30(4)17-42-28-22(30)16-26(34-27(28)19-7-10-21(32)11-8-19)31(5,37)14-13-23(36)20-9-12-24(25(15-20)41-6)43-18-45(33,39)40;1-26(29)14-37-25-19(26)13-23(31-24(25)16-4-7-18(28)8-5-16)27(2,33)11-10-20(32)17-6-9-21(22(12-17)36-3)38-15-39(30,34)35;1-23(2,3)38(32)29-24(4)13-36-21-16(24)12-20(28-22(21)26)25(5,31)10-9-17(30)15-7-8-18(19(11-15)35-6)37-14-39(27,33)34;1-13(2,3)23(21)19-14(4)8-22-11-9(14)6-10(18-12(11)16)15(5,20)7-17/h7-12,15-16,35,37H,13-14,17-18H2,1-6H3,(H2,33,39,40);4-9,12-13,33H,10-11,14-15,29H2,1-3H3,(H2,30,34,35);7-8,11-12,29,31H,9-10,13-14H2,1-6H3,(H2,27,33,34);6,19-20H,7-8,17H2,1-5H3. The maximum absolute atomic E-state index is 13.8. The number of pyridine rings is 4. The second-order valence-corrected chi connectivity index (χ2v) is 51.6. The molecule has 48 heteroatoms. The van der Waals surface area contributed by atoms with Crippen molar-refractivity contribution in [2.45, 2.75) is 215 Å². The van der Waals surface area contributed by atoms with E-state index in [1.54, 1.807) is 76.2 Å². The summed E-state index contributed by atoms with van der Waals surface area (Å²) < 4.78 is 195. The van der Waals surface area contributed by atoms with Crippen LogP contribution >= 0.6 is 23.2 Å². The number of halogens is 4. The van der Waals surface area contributed by atoms with Crippen molar-refractivity contribution in [1.82, 2.24) is 34.1 Å². The molecule has 4 aliphatic heterocycles. The Balaban J connectivity index is 0.000000204. The van der Waals surface area contributed by atoms with Crippen molar-refractivity contribution in [2.24, 2.45) is 26.9 Å². The number of carbonyl (C=O) groups excluding carboxylic acids is 3. The largest absolute Gasteiger partial charge is 0.493 e. The molecule has 11 unspecified atom stereocenters. The minimum atomic E-state index is -3.89. The molecular weight excluding hydrogens is 2060 g/mol. The molecular formula is C98H126Cl2F2N12O26S6. The maximum Gasteiger partial charge on any atom is 0.244 e. The van der Waals surface area contributed by atoms with Gasteiger partial charge in [-0.2, -0.15) is 0 Å². The third kappa shape index (κ3) is 29.6.